The van der Waals surface area contributed by atoms with Crippen molar-refractivity contribution in [3.63, 3.8) is 0 Å². The number of urea groups is 1. The molecule has 0 aliphatic carbocycles. The molecule has 4 rings (SSSR count). The predicted molar refractivity (Wildman–Crippen MR) is 129 cm³/mol. The van der Waals surface area contributed by atoms with E-state index in [0.29, 0.717) is 26.9 Å². The average molecular weight is 466 g/mol. The number of para-hydroxylation sites is 1. The van der Waals surface area contributed by atoms with Crippen LogP contribution in [0.4, 0.5) is 15.6 Å². The van der Waals surface area contributed by atoms with Crippen molar-refractivity contribution in [2.75, 3.05) is 10.6 Å². The second-order valence-corrected chi connectivity index (χ2v) is 8.63. The van der Waals surface area contributed by atoms with Gasteiger partial charge in [0.2, 0.25) is 0 Å². The number of hydrogen-bond donors (Lipinski definition) is 3. The zero-order valence-electron chi connectivity index (χ0n) is 17.3. The van der Waals surface area contributed by atoms with Gasteiger partial charge in [0, 0.05) is 18.0 Å². The van der Waals surface area contributed by atoms with E-state index in [2.05, 4.69) is 25.9 Å². The van der Waals surface area contributed by atoms with Gasteiger partial charge in [-0.05, 0) is 55.3 Å². The number of halogens is 1. The van der Waals surface area contributed by atoms with Gasteiger partial charge in [0.15, 0.2) is 5.13 Å². The molecule has 32 heavy (non-hydrogen) atoms. The Kier molecular flexibility index (Phi) is 6.34. The Hall–Kier alpha value is -3.49. The minimum Gasteiger partial charge on any atom is -0.331 e. The third-order valence-electron chi connectivity index (χ3n) is 4.86. The number of benzene rings is 2. The number of carbonyl (C=O) groups excluding carboxylic acids is 2. The van der Waals surface area contributed by atoms with E-state index < -0.39 is 0 Å². The SMILES string of the molecule is Cc1cccc(Cl)c1NC(=O)c1ccc2nc(NC(=O)NC(C)c3cccnc3)sc2c1. The summed E-state index contributed by atoms with van der Waals surface area (Å²) in [6, 6.07) is 13.8. The quantitative estimate of drug-likeness (QED) is 0.347. The van der Waals surface area contributed by atoms with Crippen molar-refractivity contribution in [1.82, 2.24) is 15.3 Å². The molecule has 3 N–H and O–H groups in total. The van der Waals surface area contributed by atoms with Crippen LogP contribution in [0.15, 0.2) is 60.9 Å². The minimum absolute atomic E-state index is 0.207. The molecule has 0 fully saturated rings. The van der Waals surface area contributed by atoms with Crippen molar-refractivity contribution < 1.29 is 9.59 Å². The van der Waals surface area contributed by atoms with Crippen LogP contribution in [-0.2, 0) is 0 Å². The first-order valence-electron chi connectivity index (χ1n) is 9.85. The predicted octanol–water partition coefficient (Wildman–Crippen LogP) is 5.79. The average Bonchev–Trinajstić information content (AvgIpc) is 3.18. The summed E-state index contributed by atoms with van der Waals surface area (Å²) in [6.45, 7) is 3.76. The number of nitrogens with zero attached hydrogens (tertiary/aromatic N) is 2. The van der Waals surface area contributed by atoms with Gasteiger partial charge >= 0.3 is 6.03 Å². The number of amides is 3. The van der Waals surface area contributed by atoms with Crippen LogP contribution in [0, 0.1) is 6.92 Å². The molecule has 0 aliphatic heterocycles. The van der Waals surface area contributed by atoms with Crippen LogP contribution in [0.2, 0.25) is 5.02 Å². The van der Waals surface area contributed by atoms with Crippen LogP contribution in [0.5, 0.6) is 0 Å². The number of hydrogen-bond acceptors (Lipinski definition) is 5. The normalized spacial score (nSPS) is 11.7. The number of anilines is 2. The lowest BCUT2D eigenvalue weighted by atomic mass is 10.1. The summed E-state index contributed by atoms with van der Waals surface area (Å²) < 4.78 is 0.782. The van der Waals surface area contributed by atoms with Crippen LogP contribution in [-0.4, -0.2) is 21.9 Å². The maximum Gasteiger partial charge on any atom is 0.321 e. The zero-order valence-corrected chi connectivity index (χ0v) is 18.9. The molecule has 0 radical (unpaired) electrons. The van der Waals surface area contributed by atoms with Crippen molar-refractivity contribution in [2.45, 2.75) is 19.9 Å². The van der Waals surface area contributed by atoms with Gasteiger partial charge in [0.1, 0.15) is 0 Å². The fraction of sp³-hybridized carbons (Fsp3) is 0.130. The first kappa shape index (κ1) is 21.7. The van der Waals surface area contributed by atoms with Crippen molar-refractivity contribution >= 4 is 55.9 Å². The molecule has 162 valence electrons. The molecule has 0 aliphatic rings. The Balaban J connectivity index is 1.45. The number of rotatable bonds is 5. The van der Waals surface area contributed by atoms with Gasteiger partial charge in [-0.2, -0.15) is 0 Å². The van der Waals surface area contributed by atoms with Crippen molar-refractivity contribution in [3.8, 4) is 0 Å². The molecule has 0 bridgehead atoms. The van der Waals surface area contributed by atoms with E-state index >= 15 is 0 Å². The standard InChI is InChI=1S/C23H20ClN5O2S/c1-13-5-3-7-17(24)20(13)28-21(30)15-8-9-18-19(11-15)32-23(27-18)29-22(31)26-14(2)16-6-4-10-25-12-16/h3-12,14H,1-2H3,(H,28,30)(H2,26,27,29,31). The molecule has 1 atom stereocenters. The third-order valence-corrected chi connectivity index (χ3v) is 6.11. The maximum atomic E-state index is 12.7. The first-order chi connectivity index (χ1) is 15.4. The lowest BCUT2D eigenvalue weighted by molar-refractivity contribution is 0.102. The summed E-state index contributed by atoms with van der Waals surface area (Å²) in [5, 5.41) is 9.40. The number of pyridine rings is 1. The molecule has 7 nitrogen and oxygen atoms in total. The van der Waals surface area contributed by atoms with Gasteiger partial charge in [0.25, 0.3) is 5.91 Å². The molecule has 0 saturated heterocycles. The van der Waals surface area contributed by atoms with E-state index in [0.717, 1.165) is 15.8 Å². The molecular formula is C23H20ClN5O2S. The summed E-state index contributed by atoms with van der Waals surface area (Å²) in [5.74, 6) is -0.269. The smallest absolute Gasteiger partial charge is 0.321 e. The number of aromatic nitrogens is 2. The summed E-state index contributed by atoms with van der Waals surface area (Å²) in [4.78, 5) is 33.6. The lowest BCUT2D eigenvalue weighted by Crippen LogP contribution is -2.31. The Labute approximate surface area is 193 Å². The topological polar surface area (TPSA) is 96.0 Å². The zero-order chi connectivity index (χ0) is 22.7. The molecule has 2 aromatic heterocycles. The molecule has 3 amide bonds. The summed E-state index contributed by atoms with van der Waals surface area (Å²) in [7, 11) is 0. The van der Waals surface area contributed by atoms with Crippen LogP contribution in [0.25, 0.3) is 10.2 Å². The van der Waals surface area contributed by atoms with E-state index in [4.69, 9.17) is 11.6 Å². The highest BCUT2D eigenvalue weighted by molar-refractivity contribution is 7.22. The van der Waals surface area contributed by atoms with Crippen LogP contribution >= 0.6 is 22.9 Å². The molecule has 1 unspecified atom stereocenters. The fourth-order valence-corrected chi connectivity index (χ4v) is 4.31. The lowest BCUT2D eigenvalue weighted by Gasteiger charge is -2.13. The summed E-state index contributed by atoms with van der Waals surface area (Å²) in [5.41, 5.74) is 3.53. The molecule has 0 saturated carbocycles. The van der Waals surface area contributed by atoms with Crippen LogP contribution in [0.1, 0.15) is 34.5 Å². The highest BCUT2D eigenvalue weighted by Crippen LogP contribution is 2.29. The third kappa shape index (κ3) is 4.87. The number of nitrogens with one attached hydrogen (secondary N) is 3. The van der Waals surface area contributed by atoms with Gasteiger partial charge in [-0.15, -0.1) is 0 Å². The van der Waals surface area contributed by atoms with E-state index in [9.17, 15) is 9.59 Å². The second-order valence-electron chi connectivity index (χ2n) is 7.19. The molecule has 2 heterocycles. The van der Waals surface area contributed by atoms with Gasteiger partial charge in [-0.25, -0.2) is 9.78 Å². The molecule has 0 spiro atoms. The van der Waals surface area contributed by atoms with Crippen molar-refractivity contribution in [3.05, 3.63) is 82.6 Å². The number of thiazole rings is 1. The maximum absolute atomic E-state index is 12.7. The van der Waals surface area contributed by atoms with E-state index in [-0.39, 0.29) is 18.0 Å². The van der Waals surface area contributed by atoms with Crippen LogP contribution < -0.4 is 16.0 Å². The second kappa shape index (κ2) is 9.33. The van der Waals surface area contributed by atoms with Gasteiger partial charge in [-0.1, -0.05) is 41.1 Å². The molecule has 2 aromatic carbocycles. The number of fused-ring (bicyclic) bond motifs is 1. The monoisotopic (exact) mass is 465 g/mol. The fourth-order valence-electron chi connectivity index (χ4n) is 3.14. The molecular weight excluding hydrogens is 446 g/mol. The minimum atomic E-state index is -0.368. The summed E-state index contributed by atoms with van der Waals surface area (Å²) >= 11 is 7.50. The van der Waals surface area contributed by atoms with E-state index in [1.54, 1.807) is 36.7 Å². The Bertz CT molecular complexity index is 1270. The Morgan fingerprint density at radius 1 is 1.09 bits per heavy atom. The Morgan fingerprint density at radius 3 is 2.69 bits per heavy atom. The molecule has 4 aromatic rings. The number of aryl methyl sites for hydroxylation is 1. The highest BCUT2D eigenvalue weighted by Gasteiger charge is 2.15. The first-order valence-corrected chi connectivity index (χ1v) is 11.0. The number of carbonyl (C=O) groups is 2. The van der Waals surface area contributed by atoms with Gasteiger partial charge < -0.3 is 10.6 Å². The van der Waals surface area contributed by atoms with Crippen molar-refractivity contribution in [1.29, 1.82) is 0 Å². The Morgan fingerprint density at radius 2 is 1.94 bits per heavy atom. The van der Waals surface area contributed by atoms with Gasteiger partial charge in [0.05, 0.1) is 27.0 Å². The largest absolute Gasteiger partial charge is 0.331 e. The van der Waals surface area contributed by atoms with Crippen LogP contribution in [0.3, 0.4) is 0 Å². The van der Waals surface area contributed by atoms with E-state index in [1.807, 2.05) is 38.1 Å². The summed E-state index contributed by atoms with van der Waals surface area (Å²) in [6.07, 6.45) is 3.39. The highest BCUT2D eigenvalue weighted by atomic mass is 35.5. The van der Waals surface area contributed by atoms with Crippen molar-refractivity contribution in [2.24, 2.45) is 0 Å². The van der Waals surface area contributed by atoms with E-state index in [1.165, 1.54) is 11.3 Å². The molecule has 9 heteroatoms. The van der Waals surface area contributed by atoms with Gasteiger partial charge in [-0.3, -0.25) is 15.1 Å².